The highest BCUT2D eigenvalue weighted by Crippen LogP contribution is 2.40. The molecule has 2 amide bonds. The van der Waals surface area contributed by atoms with E-state index in [0.717, 1.165) is 50.5 Å². The fraction of sp³-hybridized carbons (Fsp3) is 0.667. The van der Waals surface area contributed by atoms with Crippen molar-refractivity contribution in [2.24, 2.45) is 11.8 Å². The van der Waals surface area contributed by atoms with Crippen LogP contribution in [0.4, 0.5) is 0 Å². The summed E-state index contributed by atoms with van der Waals surface area (Å²) in [4.78, 5) is 41.7. The van der Waals surface area contributed by atoms with Crippen molar-refractivity contribution >= 4 is 37.0 Å². The third-order valence-corrected chi connectivity index (χ3v) is 13.6. The Morgan fingerprint density at radius 3 is 2.26 bits per heavy atom. The molecule has 0 unspecified atom stereocenters. The van der Waals surface area contributed by atoms with Crippen LogP contribution in [0.5, 0.6) is 0 Å². The summed E-state index contributed by atoms with van der Waals surface area (Å²) in [5.74, 6) is -0.795. The van der Waals surface area contributed by atoms with Gasteiger partial charge in [0.05, 0.1) is 23.6 Å². The van der Waals surface area contributed by atoms with Gasteiger partial charge in [-0.15, -0.1) is 0 Å². The maximum atomic E-state index is 13.3. The lowest BCUT2D eigenvalue weighted by Crippen LogP contribution is -2.66. The van der Waals surface area contributed by atoms with E-state index in [0.29, 0.717) is 10.5 Å². The van der Waals surface area contributed by atoms with Gasteiger partial charge < -0.3 is 14.6 Å². The van der Waals surface area contributed by atoms with Crippen molar-refractivity contribution in [2.45, 2.75) is 95.5 Å². The number of carbonyl (C=O) groups is 3. The van der Waals surface area contributed by atoms with Crippen molar-refractivity contribution < 1.29 is 18.8 Å². The third kappa shape index (κ3) is 6.38. The van der Waals surface area contributed by atoms with E-state index in [9.17, 15) is 14.4 Å². The minimum Gasteiger partial charge on any atom is -0.413 e. The maximum absolute atomic E-state index is 13.3. The summed E-state index contributed by atoms with van der Waals surface area (Å²) in [6, 6.07) is 7.11. The Balaban J connectivity index is 1.69. The molecule has 0 spiro atoms. The van der Waals surface area contributed by atoms with Crippen LogP contribution in [-0.4, -0.2) is 55.4 Å². The number of amides is 2. The topological polar surface area (TPSA) is 75.7 Å². The molecule has 2 fully saturated rings. The van der Waals surface area contributed by atoms with Gasteiger partial charge in [-0.05, 0) is 50.0 Å². The zero-order chi connectivity index (χ0) is 26.0. The van der Waals surface area contributed by atoms with Crippen molar-refractivity contribution in [3.63, 3.8) is 0 Å². The highest BCUT2D eigenvalue weighted by molar-refractivity contribution is 8.13. The number of hydrogen-bond acceptors (Lipinski definition) is 5. The van der Waals surface area contributed by atoms with Gasteiger partial charge >= 0.3 is 0 Å². The first-order valence-corrected chi connectivity index (χ1v) is 16.6. The van der Waals surface area contributed by atoms with Gasteiger partial charge in [-0.2, -0.15) is 0 Å². The Bertz CT molecular complexity index is 937. The maximum Gasteiger partial charge on any atom is 0.255 e. The third-order valence-electron chi connectivity index (χ3n) is 7.92. The van der Waals surface area contributed by atoms with Crippen molar-refractivity contribution in [1.82, 2.24) is 10.2 Å². The standard InChI is InChI=1S/C27H42N2O4SSi/c1-18(23-22(24(30)28-23)19(2)33-35(6,7)27(3,4)5)26(32)34-21-15-11-10-14-20(21)25(31)29-16-12-8-9-13-17-29/h10-11,14-15,18-19,22-23H,8-9,12-13,16-17H2,1-7H3,(H,28,30)/t18-,19-,22-,23-/m1/s1. The van der Waals surface area contributed by atoms with E-state index in [-0.39, 0.29) is 40.0 Å². The molecule has 0 aliphatic carbocycles. The lowest BCUT2D eigenvalue weighted by Gasteiger charge is -2.46. The molecule has 0 aromatic heterocycles. The molecule has 194 valence electrons. The number of rotatable bonds is 7. The number of nitrogens with one attached hydrogen (secondary N) is 1. The summed E-state index contributed by atoms with van der Waals surface area (Å²) < 4.78 is 6.49. The number of nitrogens with zero attached hydrogens (tertiary/aromatic N) is 1. The summed E-state index contributed by atoms with van der Waals surface area (Å²) in [6.45, 7) is 16.2. The lowest BCUT2D eigenvalue weighted by molar-refractivity contribution is -0.143. The van der Waals surface area contributed by atoms with Crippen LogP contribution < -0.4 is 5.32 Å². The summed E-state index contributed by atoms with van der Waals surface area (Å²) >= 11 is 1.12. The van der Waals surface area contributed by atoms with E-state index < -0.39 is 14.2 Å². The smallest absolute Gasteiger partial charge is 0.255 e. The molecule has 2 heterocycles. The van der Waals surface area contributed by atoms with E-state index in [4.69, 9.17) is 4.43 Å². The van der Waals surface area contributed by atoms with E-state index in [1.54, 1.807) is 0 Å². The number of likely N-dealkylation sites (tertiary alicyclic amines) is 1. The predicted molar refractivity (Wildman–Crippen MR) is 144 cm³/mol. The normalized spacial score (nSPS) is 23.1. The van der Waals surface area contributed by atoms with Crippen LogP contribution >= 0.6 is 11.8 Å². The second-order valence-electron chi connectivity index (χ2n) is 11.6. The largest absolute Gasteiger partial charge is 0.413 e. The van der Waals surface area contributed by atoms with Gasteiger partial charge in [-0.25, -0.2) is 0 Å². The number of β-lactam (4-membered cyclic amide) rings is 1. The molecule has 0 saturated carbocycles. The van der Waals surface area contributed by atoms with Crippen molar-refractivity contribution in [3.05, 3.63) is 29.8 Å². The molecule has 2 aliphatic rings. The summed E-state index contributed by atoms with van der Waals surface area (Å²) in [6.07, 6.45) is 4.10. The molecule has 2 saturated heterocycles. The molecular weight excluding hydrogens is 476 g/mol. The number of benzene rings is 1. The van der Waals surface area contributed by atoms with Crippen LogP contribution in [0.25, 0.3) is 0 Å². The Morgan fingerprint density at radius 1 is 1.09 bits per heavy atom. The molecule has 1 aromatic rings. The lowest BCUT2D eigenvalue weighted by atomic mass is 9.79. The van der Waals surface area contributed by atoms with Gasteiger partial charge in [0.1, 0.15) is 0 Å². The van der Waals surface area contributed by atoms with Crippen LogP contribution in [-0.2, 0) is 14.0 Å². The first-order valence-electron chi connectivity index (χ1n) is 12.9. The monoisotopic (exact) mass is 518 g/mol. The van der Waals surface area contributed by atoms with Crippen LogP contribution in [0.3, 0.4) is 0 Å². The molecule has 3 rings (SSSR count). The second-order valence-corrected chi connectivity index (χ2v) is 17.4. The quantitative estimate of drug-likeness (QED) is 0.294. The van der Waals surface area contributed by atoms with Crippen LogP contribution in [0.2, 0.25) is 18.1 Å². The summed E-state index contributed by atoms with van der Waals surface area (Å²) in [5, 5.41) is 2.94. The SMILES string of the molecule is C[C@@H](O[Si](C)(C)C(C)(C)C)[C@H]1C(=O)N[C@@H]1[C@@H](C)C(=O)Sc1ccccc1C(=O)N1CCCCCC1. The number of carbonyl (C=O) groups excluding carboxylic acids is 3. The van der Waals surface area contributed by atoms with E-state index in [1.807, 2.05) is 43.0 Å². The first-order chi connectivity index (χ1) is 16.3. The highest BCUT2D eigenvalue weighted by Gasteiger charge is 2.50. The van der Waals surface area contributed by atoms with E-state index in [2.05, 4.69) is 39.2 Å². The Labute approximate surface area is 216 Å². The molecule has 2 aliphatic heterocycles. The molecule has 1 aromatic carbocycles. The number of thioether (sulfide) groups is 1. The van der Waals surface area contributed by atoms with Gasteiger partial charge in [0, 0.05) is 23.9 Å². The van der Waals surface area contributed by atoms with Gasteiger partial charge in [0.2, 0.25) is 5.91 Å². The van der Waals surface area contributed by atoms with Crippen LogP contribution in [0.1, 0.15) is 70.7 Å². The van der Waals surface area contributed by atoms with Crippen molar-refractivity contribution in [3.8, 4) is 0 Å². The summed E-state index contributed by atoms with van der Waals surface area (Å²) in [7, 11) is -2.05. The van der Waals surface area contributed by atoms with E-state index >= 15 is 0 Å². The van der Waals surface area contributed by atoms with Gasteiger partial charge in [0.25, 0.3) is 5.91 Å². The van der Waals surface area contributed by atoms with Gasteiger partial charge in [0.15, 0.2) is 13.4 Å². The fourth-order valence-electron chi connectivity index (χ4n) is 4.60. The molecule has 1 N–H and O–H groups in total. The number of hydrogen-bond donors (Lipinski definition) is 1. The van der Waals surface area contributed by atoms with Gasteiger partial charge in [-0.3, -0.25) is 14.4 Å². The van der Waals surface area contributed by atoms with Crippen molar-refractivity contribution in [1.29, 1.82) is 0 Å². The van der Waals surface area contributed by atoms with Crippen molar-refractivity contribution in [2.75, 3.05) is 13.1 Å². The molecule has 4 atom stereocenters. The average molecular weight is 519 g/mol. The van der Waals surface area contributed by atoms with Gasteiger partial charge in [-0.1, -0.05) is 64.4 Å². The molecule has 0 bridgehead atoms. The van der Waals surface area contributed by atoms with Crippen LogP contribution in [0.15, 0.2) is 29.2 Å². The first kappa shape index (κ1) is 27.9. The zero-order valence-electron chi connectivity index (χ0n) is 22.3. The Morgan fingerprint density at radius 2 is 1.69 bits per heavy atom. The minimum absolute atomic E-state index is 0.00155. The highest BCUT2D eigenvalue weighted by atomic mass is 32.2. The molecule has 0 radical (unpaired) electrons. The zero-order valence-corrected chi connectivity index (χ0v) is 24.2. The molecule has 6 nitrogen and oxygen atoms in total. The Kier molecular flexibility index (Phi) is 8.92. The Hall–Kier alpha value is -1.64. The molecular formula is C27H42N2O4SSi. The average Bonchev–Trinajstić information content (AvgIpc) is 3.05. The molecule has 35 heavy (non-hydrogen) atoms. The fourth-order valence-corrected chi connectivity index (χ4v) is 6.99. The summed E-state index contributed by atoms with van der Waals surface area (Å²) in [5.41, 5.74) is 0.587. The second kappa shape index (κ2) is 11.2. The van der Waals surface area contributed by atoms with E-state index in [1.165, 1.54) is 0 Å². The predicted octanol–water partition coefficient (Wildman–Crippen LogP) is 5.48. The van der Waals surface area contributed by atoms with Crippen LogP contribution in [0, 0.1) is 11.8 Å². The minimum atomic E-state index is -2.05. The molecule has 8 heteroatoms.